The zero-order valence-corrected chi connectivity index (χ0v) is 18.7. The quantitative estimate of drug-likeness (QED) is 0.685. The molecule has 3 rings (SSSR count). The first-order valence-electron chi connectivity index (χ1n) is 11.0. The van der Waals surface area contributed by atoms with E-state index in [9.17, 15) is 4.79 Å². The first kappa shape index (κ1) is 22.5. The monoisotopic (exact) mass is 413 g/mol. The maximum Gasteiger partial charge on any atom is 0.255 e. The Balaban J connectivity index is 1.51. The Morgan fingerprint density at radius 3 is 2.47 bits per heavy atom. The number of ether oxygens (including phenoxy) is 1. The fourth-order valence-corrected chi connectivity index (χ4v) is 3.97. The van der Waals surface area contributed by atoms with Crippen molar-refractivity contribution >= 4 is 11.6 Å². The van der Waals surface area contributed by atoms with Gasteiger partial charge in [-0.25, -0.2) is 0 Å². The SMILES string of the molecule is CCN(CC)CCn1cc(NC(=O)c2ccc(CN3CC(C)OC(C)C3)cc2)cn1. The third kappa shape index (κ3) is 6.39. The van der Waals surface area contributed by atoms with Crippen molar-refractivity contribution in [3.8, 4) is 0 Å². The highest BCUT2D eigenvalue weighted by Gasteiger charge is 2.22. The van der Waals surface area contributed by atoms with Gasteiger partial charge in [-0.2, -0.15) is 5.10 Å². The van der Waals surface area contributed by atoms with Gasteiger partial charge in [0, 0.05) is 37.9 Å². The van der Waals surface area contributed by atoms with E-state index in [1.807, 2.05) is 35.1 Å². The second-order valence-electron chi connectivity index (χ2n) is 8.12. The number of rotatable bonds is 9. The Labute approximate surface area is 180 Å². The molecule has 164 valence electrons. The number of morpholine rings is 1. The number of carbonyl (C=O) groups excluding carboxylic acids is 1. The van der Waals surface area contributed by atoms with Gasteiger partial charge in [-0.05, 0) is 44.6 Å². The van der Waals surface area contributed by atoms with E-state index in [1.54, 1.807) is 6.20 Å². The summed E-state index contributed by atoms with van der Waals surface area (Å²) in [5.41, 5.74) is 2.58. The summed E-state index contributed by atoms with van der Waals surface area (Å²) >= 11 is 0. The highest BCUT2D eigenvalue weighted by molar-refractivity contribution is 6.04. The van der Waals surface area contributed by atoms with E-state index in [1.165, 1.54) is 5.56 Å². The Bertz CT molecular complexity index is 790. The topological polar surface area (TPSA) is 62.6 Å². The molecular formula is C23H35N5O2. The highest BCUT2D eigenvalue weighted by Crippen LogP contribution is 2.15. The average molecular weight is 414 g/mol. The lowest BCUT2D eigenvalue weighted by molar-refractivity contribution is -0.0704. The standard InChI is InChI=1S/C23H35N5O2/c1-5-26(6-2)11-12-28-17-22(13-24-28)25-23(29)21-9-7-20(8-10-21)16-27-14-18(3)30-19(4)15-27/h7-10,13,17-19H,5-6,11-12,14-16H2,1-4H3,(H,25,29). The normalized spacial score (nSPS) is 19.9. The number of hydrogen-bond donors (Lipinski definition) is 1. The molecule has 1 amide bonds. The first-order chi connectivity index (χ1) is 14.5. The molecule has 0 spiro atoms. The molecule has 1 aliphatic heterocycles. The molecular weight excluding hydrogens is 378 g/mol. The van der Waals surface area contributed by atoms with Crippen LogP contribution in [0.3, 0.4) is 0 Å². The second-order valence-corrected chi connectivity index (χ2v) is 8.12. The molecule has 2 aromatic rings. The molecule has 2 unspecified atom stereocenters. The maximum atomic E-state index is 12.6. The van der Waals surface area contributed by atoms with Gasteiger partial charge in [-0.15, -0.1) is 0 Å². The zero-order chi connectivity index (χ0) is 21.5. The molecule has 7 nitrogen and oxygen atoms in total. The van der Waals surface area contributed by atoms with E-state index in [2.05, 4.69) is 47.9 Å². The van der Waals surface area contributed by atoms with Crippen LogP contribution in [-0.2, 0) is 17.8 Å². The number of carbonyl (C=O) groups is 1. The van der Waals surface area contributed by atoms with Crippen molar-refractivity contribution in [2.45, 2.75) is 53.0 Å². The Hall–Kier alpha value is -2.22. The molecule has 1 aromatic carbocycles. The van der Waals surface area contributed by atoms with Crippen LogP contribution in [0.2, 0.25) is 0 Å². The van der Waals surface area contributed by atoms with E-state index in [0.29, 0.717) is 5.56 Å². The van der Waals surface area contributed by atoms with E-state index in [-0.39, 0.29) is 18.1 Å². The van der Waals surface area contributed by atoms with Crippen LogP contribution in [0.4, 0.5) is 5.69 Å². The van der Waals surface area contributed by atoms with Crippen LogP contribution in [-0.4, -0.2) is 70.4 Å². The molecule has 2 atom stereocenters. The lowest BCUT2D eigenvalue weighted by Gasteiger charge is -2.35. The summed E-state index contributed by atoms with van der Waals surface area (Å²) in [7, 11) is 0. The smallest absolute Gasteiger partial charge is 0.255 e. The van der Waals surface area contributed by atoms with Crippen molar-refractivity contribution < 1.29 is 9.53 Å². The van der Waals surface area contributed by atoms with Crippen LogP contribution in [0.15, 0.2) is 36.7 Å². The van der Waals surface area contributed by atoms with Crippen molar-refractivity contribution in [1.82, 2.24) is 19.6 Å². The van der Waals surface area contributed by atoms with Gasteiger partial charge < -0.3 is 15.0 Å². The summed E-state index contributed by atoms with van der Waals surface area (Å²) in [4.78, 5) is 17.3. The maximum absolute atomic E-state index is 12.6. The summed E-state index contributed by atoms with van der Waals surface area (Å²) in [5.74, 6) is -0.113. The number of likely N-dealkylation sites (N-methyl/N-ethyl adjacent to an activating group) is 1. The fraction of sp³-hybridized carbons (Fsp3) is 0.565. The van der Waals surface area contributed by atoms with Crippen molar-refractivity contribution in [3.63, 3.8) is 0 Å². The lowest BCUT2D eigenvalue weighted by atomic mass is 10.1. The van der Waals surface area contributed by atoms with Gasteiger partial charge in [-0.3, -0.25) is 14.4 Å². The molecule has 0 aliphatic carbocycles. The second kappa shape index (κ2) is 10.7. The number of nitrogens with one attached hydrogen (secondary N) is 1. The van der Waals surface area contributed by atoms with Crippen molar-refractivity contribution in [1.29, 1.82) is 0 Å². The average Bonchev–Trinajstić information content (AvgIpc) is 3.16. The number of anilines is 1. The minimum atomic E-state index is -0.113. The number of aromatic nitrogens is 2. The summed E-state index contributed by atoms with van der Waals surface area (Å²) in [6, 6.07) is 7.85. The summed E-state index contributed by atoms with van der Waals surface area (Å²) in [5, 5.41) is 7.30. The number of nitrogens with zero attached hydrogens (tertiary/aromatic N) is 4. The predicted molar refractivity (Wildman–Crippen MR) is 120 cm³/mol. The highest BCUT2D eigenvalue weighted by atomic mass is 16.5. The summed E-state index contributed by atoms with van der Waals surface area (Å²) in [6.07, 6.45) is 4.10. The third-order valence-corrected chi connectivity index (χ3v) is 5.55. The van der Waals surface area contributed by atoms with E-state index in [4.69, 9.17) is 4.74 Å². The Kier molecular flexibility index (Phi) is 8.01. The van der Waals surface area contributed by atoms with Gasteiger partial charge in [0.2, 0.25) is 0 Å². The van der Waals surface area contributed by atoms with Crippen LogP contribution in [0.25, 0.3) is 0 Å². The van der Waals surface area contributed by atoms with Crippen LogP contribution in [0.5, 0.6) is 0 Å². The largest absolute Gasteiger partial charge is 0.373 e. The van der Waals surface area contributed by atoms with Gasteiger partial charge in [0.1, 0.15) is 0 Å². The lowest BCUT2D eigenvalue weighted by Crippen LogP contribution is -2.44. The summed E-state index contributed by atoms with van der Waals surface area (Å²) < 4.78 is 7.67. The van der Waals surface area contributed by atoms with Crippen LogP contribution < -0.4 is 5.32 Å². The van der Waals surface area contributed by atoms with E-state index in [0.717, 1.165) is 51.5 Å². The molecule has 0 radical (unpaired) electrons. The third-order valence-electron chi connectivity index (χ3n) is 5.55. The van der Waals surface area contributed by atoms with Gasteiger partial charge in [-0.1, -0.05) is 26.0 Å². The van der Waals surface area contributed by atoms with Gasteiger partial charge in [0.05, 0.1) is 30.6 Å². The van der Waals surface area contributed by atoms with E-state index < -0.39 is 0 Å². The molecule has 1 saturated heterocycles. The molecule has 1 N–H and O–H groups in total. The van der Waals surface area contributed by atoms with Gasteiger partial charge in [0.25, 0.3) is 5.91 Å². The van der Waals surface area contributed by atoms with Crippen molar-refractivity contribution in [2.24, 2.45) is 0 Å². The number of hydrogen-bond acceptors (Lipinski definition) is 5. The first-order valence-corrected chi connectivity index (χ1v) is 11.0. The molecule has 1 aliphatic rings. The molecule has 0 bridgehead atoms. The van der Waals surface area contributed by atoms with E-state index >= 15 is 0 Å². The minimum absolute atomic E-state index is 0.113. The van der Waals surface area contributed by atoms with Crippen LogP contribution >= 0.6 is 0 Å². The van der Waals surface area contributed by atoms with Crippen LogP contribution in [0, 0.1) is 0 Å². The van der Waals surface area contributed by atoms with Crippen LogP contribution in [0.1, 0.15) is 43.6 Å². The van der Waals surface area contributed by atoms with Crippen molar-refractivity contribution in [2.75, 3.05) is 38.0 Å². The zero-order valence-electron chi connectivity index (χ0n) is 18.7. The molecule has 2 heterocycles. The van der Waals surface area contributed by atoms with Gasteiger partial charge >= 0.3 is 0 Å². The molecule has 30 heavy (non-hydrogen) atoms. The minimum Gasteiger partial charge on any atom is -0.373 e. The molecule has 1 aromatic heterocycles. The Morgan fingerprint density at radius 2 is 1.83 bits per heavy atom. The molecule has 7 heteroatoms. The predicted octanol–water partition coefficient (Wildman–Crippen LogP) is 3.09. The Morgan fingerprint density at radius 1 is 1.17 bits per heavy atom. The summed E-state index contributed by atoms with van der Waals surface area (Å²) in [6.45, 7) is 15.1. The van der Waals surface area contributed by atoms with Gasteiger partial charge in [0.15, 0.2) is 0 Å². The number of amides is 1. The molecule has 1 fully saturated rings. The number of benzene rings is 1. The fourth-order valence-electron chi connectivity index (χ4n) is 3.97. The molecule has 0 saturated carbocycles. The van der Waals surface area contributed by atoms with Crippen molar-refractivity contribution in [3.05, 3.63) is 47.8 Å².